The molecule has 0 spiro atoms. The van der Waals surface area contributed by atoms with Crippen LogP contribution in [0.2, 0.25) is 0 Å². The number of benzene rings is 9. The number of thiophene rings is 2. The molecule has 0 atom stereocenters. The normalized spacial score (nSPS) is 12.4. The molecule has 0 fully saturated rings. The minimum absolute atomic E-state index is 0.866. The van der Waals surface area contributed by atoms with Gasteiger partial charge in [0.15, 0.2) is 0 Å². The third-order valence-corrected chi connectivity index (χ3v) is 13.9. The van der Waals surface area contributed by atoms with Crippen molar-refractivity contribution in [3.8, 4) is 44.5 Å². The molecule has 0 unspecified atom stereocenters. The molecule has 0 saturated carbocycles. The second kappa shape index (κ2) is 10.6. The van der Waals surface area contributed by atoms with Crippen LogP contribution in [0.25, 0.3) is 129 Å². The average molecular weight is 723 g/mol. The van der Waals surface area contributed by atoms with Crippen molar-refractivity contribution in [3.63, 3.8) is 0 Å². The van der Waals surface area contributed by atoms with Gasteiger partial charge in [-0.15, -0.1) is 22.7 Å². The van der Waals surface area contributed by atoms with Gasteiger partial charge in [-0.2, -0.15) is 0 Å². The molecule has 0 aliphatic carbocycles. The van der Waals surface area contributed by atoms with E-state index in [0.717, 1.165) is 71.7 Å². The molecule has 0 N–H and O–H groups in total. The van der Waals surface area contributed by atoms with Crippen molar-refractivity contribution in [2.75, 3.05) is 0 Å². The Morgan fingerprint density at radius 2 is 0.815 bits per heavy atom. The van der Waals surface area contributed by atoms with E-state index >= 15 is 0 Å². The van der Waals surface area contributed by atoms with Crippen molar-refractivity contribution >= 4 is 107 Å². The Morgan fingerprint density at radius 1 is 0.333 bits per heavy atom. The predicted octanol–water partition coefficient (Wildman–Crippen LogP) is 15.8. The molecule has 13 rings (SSSR count). The zero-order chi connectivity index (χ0) is 35.1. The van der Waals surface area contributed by atoms with Crippen LogP contribution in [-0.2, 0) is 0 Å². The lowest BCUT2D eigenvalue weighted by molar-refractivity contribution is 0.646. The Balaban J connectivity index is 0.955. The third kappa shape index (κ3) is 3.93. The van der Waals surface area contributed by atoms with E-state index in [4.69, 9.17) is 8.83 Å². The molecule has 2 aromatic heterocycles. The van der Waals surface area contributed by atoms with Crippen LogP contribution >= 0.6 is 22.7 Å². The van der Waals surface area contributed by atoms with Gasteiger partial charge in [0.25, 0.3) is 0 Å². The van der Waals surface area contributed by atoms with E-state index < -0.39 is 0 Å². The van der Waals surface area contributed by atoms with E-state index in [-0.39, 0.29) is 0 Å². The molecule has 0 bridgehead atoms. The van der Waals surface area contributed by atoms with Crippen LogP contribution in [0.4, 0.5) is 0 Å². The van der Waals surface area contributed by atoms with Crippen LogP contribution in [0.3, 0.4) is 0 Å². The summed E-state index contributed by atoms with van der Waals surface area (Å²) in [5, 5.41) is 9.76. The fourth-order valence-electron chi connectivity index (χ4n) is 8.99. The van der Waals surface area contributed by atoms with Gasteiger partial charge in [-0.25, -0.2) is 0 Å². The van der Waals surface area contributed by atoms with Crippen molar-refractivity contribution in [3.05, 3.63) is 158 Å². The third-order valence-electron chi connectivity index (χ3n) is 11.4. The summed E-state index contributed by atoms with van der Waals surface area (Å²) in [5.41, 5.74) is 12.9. The molecule has 4 heteroatoms. The summed E-state index contributed by atoms with van der Waals surface area (Å²) < 4.78 is 18.9. The minimum Gasteiger partial charge on any atom is -0.456 e. The van der Waals surface area contributed by atoms with Gasteiger partial charge < -0.3 is 8.83 Å². The van der Waals surface area contributed by atoms with Crippen LogP contribution < -0.4 is 0 Å². The molecule has 2 nitrogen and oxygen atoms in total. The molecule has 0 saturated heterocycles. The molecular weight excluding hydrogens is 697 g/mol. The molecule has 11 aromatic rings. The second-order valence-corrected chi connectivity index (χ2v) is 16.5. The van der Waals surface area contributed by atoms with Crippen LogP contribution in [0, 0.1) is 0 Å². The molecular formula is C50H26O2S2. The van der Waals surface area contributed by atoms with Gasteiger partial charge in [-0.05, 0) is 92.7 Å². The highest BCUT2D eigenvalue weighted by Gasteiger charge is 2.26. The van der Waals surface area contributed by atoms with Crippen molar-refractivity contribution in [2.24, 2.45) is 0 Å². The van der Waals surface area contributed by atoms with Crippen LogP contribution in [-0.4, -0.2) is 0 Å². The molecule has 54 heavy (non-hydrogen) atoms. The number of fused-ring (bicyclic) bond motifs is 6. The molecule has 0 radical (unpaired) electrons. The SMILES string of the molecule is c1ccc2c(c1)sc1c(-c3ccc(-c4cc5ccc6oc7cc(-c8cccc9c8sc8ccccc89)cc8ccc9oc(c4)c5c6-c9c87)cc3)cccc12. The summed E-state index contributed by atoms with van der Waals surface area (Å²) >= 11 is 3.73. The maximum absolute atomic E-state index is 6.84. The van der Waals surface area contributed by atoms with Crippen molar-refractivity contribution in [2.45, 2.75) is 0 Å². The van der Waals surface area contributed by atoms with E-state index in [1.54, 1.807) is 0 Å². The van der Waals surface area contributed by atoms with Gasteiger partial charge in [0, 0.05) is 62.2 Å². The van der Waals surface area contributed by atoms with Gasteiger partial charge in [0.05, 0.1) is 0 Å². The first-order chi connectivity index (χ1) is 26.7. The van der Waals surface area contributed by atoms with Crippen molar-refractivity contribution < 1.29 is 8.83 Å². The van der Waals surface area contributed by atoms with E-state index in [1.165, 1.54) is 57.0 Å². The highest BCUT2D eigenvalue weighted by molar-refractivity contribution is 7.26. The Kier molecular flexibility index (Phi) is 5.69. The number of hydrogen-bond acceptors (Lipinski definition) is 4. The smallest absolute Gasteiger partial charge is 0.136 e. The molecule has 2 aliphatic rings. The van der Waals surface area contributed by atoms with E-state index in [0.29, 0.717) is 0 Å². The highest BCUT2D eigenvalue weighted by Crippen LogP contribution is 2.50. The summed E-state index contributed by atoms with van der Waals surface area (Å²) in [6.45, 7) is 0. The lowest BCUT2D eigenvalue weighted by atomic mass is 9.88. The first-order valence-corrected chi connectivity index (χ1v) is 19.9. The summed E-state index contributed by atoms with van der Waals surface area (Å²) in [4.78, 5) is 0. The van der Waals surface area contributed by atoms with Crippen molar-refractivity contribution in [1.29, 1.82) is 0 Å². The Labute approximate surface area is 316 Å². The average Bonchev–Trinajstić information content (AvgIpc) is 3.80. The van der Waals surface area contributed by atoms with E-state index in [2.05, 4.69) is 158 Å². The number of hydrogen-bond donors (Lipinski definition) is 0. The molecule has 2 aliphatic heterocycles. The molecule has 9 aromatic carbocycles. The Bertz CT molecular complexity index is 3610. The lowest BCUT2D eigenvalue weighted by Gasteiger charge is -2.20. The minimum atomic E-state index is 0.866. The maximum Gasteiger partial charge on any atom is 0.136 e. The van der Waals surface area contributed by atoms with Crippen LogP contribution in [0.15, 0.2) is 167 Å². The largest absolute Gasteiger partial charge is 0.456 e. The van der Waals surface area contributed by atoms with Gasteiger partial charge in [0.1, 0.15) is 22.3 Å². The van der Waals surface area contributed by atoms with Gasteiger partial charge in [-0.1, -0.05) is 109 Å². The predicted molar refractivity (Wildman–Crippen MR) is 231 cm³/mol. The fraction of sp³-hybridized carbons (Fsp3) is 0. The quantitative estimate of drug-likeness (QED) is 0.134. The standard InChI is InChI=1S/C50H26O2S2/c1-3-13-43-35(7-1)37-11-5-9-33(49(37)53-43)28-17-15-27(16-18-28)31-23-29-19-21-40-47-45(29)41(25-31)51-39-22-20-30-24-32(26-42(52-40)46(30)48(39)47)34-10-6-12-38-36-8-2-4-14-44(36)54-50(34)38/h1-26H. The zero-order valence-corrected chi connectivity index (χ0v) is 30.3. The Hall–Kier alpha value is -6.46. The van der Waals surface area contributed by atoms with E-state index in [9.17, 15) is 0 Å². The van der Waals surface area contributed by atoms with Crippen LogP contribution in [0.1, 0.15) is 0 Å². The highest BCUT2D eigenvalue weighted by atomic mass is 32.1. The first-order valence-electron chi connectivity index (χ1n) is 18.2. The maximum atomic E-state index is 6.84. The topological polar surface area (TPSA) is 26.3 Å². The number of rotatable bonds is 3. The van der Waals surface area contributed by atoms with E-state index in [1.807, 2.05) is 22.7 Å². The van der Waals surface area contributed by atoms with Gasteiger partial charge >= 0.3 is 0 Å². The summed E-state index contributed by atoms with van der Waals surface area (Å²) in [7, 11) is 0. The monoisotopic (exact) mass is 722 g/mol. The second-order valence-electron chi connectivity index (χ2n) is 14.4. The van der Waals surface area contributed by atoms with Gasteiger partial charge in [-0.3, -0.25) is 0 Å². The molecule has 0 amide bonds. The molecule has 4 heterocycles. The first kappa shape index (κ1) is 29.0. The summed E-state index contributed by atoms with van der Waals surface area (Å²) in [6, 6.07) is 57.3. The molecule has 250 valence electrons. The fourth-order valence-corrected chi connectivity index (χ4v) is 11.5. The summed E-state index contributed by atoms with van der Waals surface area (Å²) in [5.74, 6) is 0. The van der Waals surface area contributed by atoms with Gasteiger partial charge in [0.2, 0.25) is 0 Å². The Morgan fingerprint density at radius 3 is 1.41 bits per heavy atom. The lowest BCUT2D eigenvalue weighted by Crippen LogP contribution is -1.95. The summed E-state index contributed by atoms with van der Waals surface area (Å²) in [6.07, 6.45) is 0. The van der Waals surface area contributed by atoms with Crippen molar-refractivity contribution in [1.82, 2.24) is 0 Å². The zero-order valence-electron chi connectivity index (χ0n) is 28.6. The van der Waals surface area contributed by atoms with Crippen LogP contribution in [0.5, 0.6) is 0 Å².